The number of aromatic nitrogens is 1. The highest BCUT2D eigenvalue weighted by atomic mass is 16.4. The van der Waals surface area contributed by atoms with Gasteiger partial charge in [0.15, 0.2) is 0 Å². The number of aliphatic carboxylic acids is 1. The number of H-pyrrole nitrogens is 1. The van der Waals surface area contributed by atoms with Gasteiger partial charge in [-0.15, -0.1) is 0 Å². The van der Waals surface area contributed by atoms with Gasteiger partial charge >= 0.3 is 12.0 Å². The largest absolute Gasteiger partial charge is 0.480 e. The number of hydrogen-bond donors (Lipinski definition) is 4. The summed E-state index contributed by atoms with van der Waals surface area (Å²) in [6.07, 6.45) is 0.302. The van der Waals surface area contributed by atoms with Crippen molar-refractivity contribution in [3.63, 3.8) is 0 Å². The molecule has 1 aromatic heterocycles. The normalized spacial score (nSPS) is 19.7. The molecule has 2 aromatic carbocycles. The molecule has 3 heterocycles. The highest BCUT2D eigenvalue weighted by molar-refractivity contribution is 5.99. The van der Waals surface area contributed by atoms with E-state index in [9.17, 15) is 14.4 Å². The van der Waals surface area contributed by atoms with Crippen LogP contribution in [0.1, 0.15) is 22.9 Å². The van der Waals surface area contributed by atoms with Crippen LogP contribution >= 0.6 is 0 Å². The number of fused-ring (bicyclic) bond motifs is 7. The van der Waals surface area contributed by atoms with Crippen molar-refractivity contribution in [1.29, 1.82) is 0 Å². The summed E-state index contributed by atoms with van der Waals surface area (Å²) in [5, 5.41) is 15.2. The van der Waals surface area contributed by atoms with Crippen molar-refractivity contribution in [2.75, 3.05) is 11.9 Å². The Morgan fingerprint density at radius 3 is 2.72 bits per heavy atom. The van der Waals surface area contributed by atoms with Gasteiger partial charge in [0.2, 0.25) is 5.91 Å². The number of carboxylic acids is 1. The summed E-state index contributed by atoms with van der Waals surface area (Å²) in [7, 11) is 0. The van der Waals surface area contributed by atoms with Gasteiger partial charge in [-0.25, -0.2) is 4.79 Å². The number of hydrogen-bond acceptors (Lipinski definition) is 3. The van der Waals surface area contributed by atoms with Crippen molar-refractivity contribution in [3.05, 3.63) is 65.4 Å². The number of rotatable bonds is 3. The summed E-state index contributed by atoms with van der Waals surface area (Å²) in [5.74, 6) is -1.62. The third kappa shape index (κ3) is 2.64. The Morgan fingerprint density at radius 1 is 1.14 bits per heavy atom. The van der Waals surface area contributed by atoms with E-state index in [0.717, 1.165) is 27.7 Å². The molecule has 0 saturated heterocycles. The van der Waals surface area contributed by atoms with E-state index in [-0.39, 0.29) is 6.03 Å². The van der Waals surface area contributed by atoms with Gasteiger partial charge < -0.3 is 20.7 Å². The molecule has 0 bridgehead atoms. The lowest BCUT2D eigenvalue weighted by Crippen LogP contribution is -2.57. The third-order valence-electron chi connectivity index (χ3n) is 5.58. The number of amides is 3. The van der Waals surface area contributed by atoms with Gasteiger partial charge in [-0.2, -0.15) is 0 Å². The number of carboxylic acid groups (broad SMARTS) is 1. The average molecular weight is 390 g/mol. The first-order valence-electron chi connectivity index (χ1n) is 9.32. The Labute approximate surface area is 165 Å². The van der Waals surface area contributed by atoms with Crippen LogP contribution in [-0.2, 0) is 16.0 Å². The maximum absolute atomic E-state index is 13.0. The first kappa shape index (κ1) is 17.3. The monoisotopic (exact) mass is 390 g/mol. The first-order chi connectivity index (χ1) is 14.0. The summed E-state index contributed by atoms with van der Waals surface area (Å²) >= 11 is 0. The van der Waals surface area contributed by atoms with Gasteiger partial charge in [0.1, 0.15) is 18.6 Å². The molecule has 146 valence electrons. The molecule has 8 nitrogen and oxygen atoms in total. The minimum Gasteiger partial charge on any atom is -0.480 e. The molecule has 8 heteroatoms. The molecule has 0 fully saturated rings. The zero-order chi connectivity index (χ0) is 20.1. The van der Waals surface area contributed by atoms with Crippen LogP contribution in [0.25, 0.3) is 10.9 Å². The second-order valence-corrected chi connectivity index (χ2v) is 7.22. The van der Waals surface area contributed by atoms with Crippen LogP contribution in [0.3, 0.4) is 0 Å². The van der Waals surface area contributed by atoms with Gasteiger partial charge in [0, 0.05) is 34.3 Å². The lowest BCUT2D eigenvalue weighted by molar-refractivity contribution is -0.138. The van der Waals surface area contributed by atoms with Crippen LogP contribution in [0.5, 0.6) is 0 Å². The number of benzene rings is 2. The van der Waals surface area contributed by atoms with Crippen molar-refractivity contribution in [2.45, 2.75) is 18.5 Å². The first-order valence-corrected chi connectivity index (χ1v) is 9.32. The van der Waals surface area contributed by atoms with Crippen molar-refractivity contribution < 1.29 is 19.5 Å². The van der Waals surface area contributed by atoms with Crippen molar-refractivity contribution in [2.24, 2.45) is 0 Å². The van der Waals surface area contributed by atoms with Crippen molar-refractivity contribution in [1.82, 2.24) is 15.2 Å². The number of para-hydroxylation sites is 2. The summed E-state index contributed by atoms with van der Waals surface area (Å²) in [6, 6.07) is 13.7. The molecule has 0 aliphatic carbocycles. The highest BCUT2D eigenvalue weighted by Gasteiger charge is 2.46. The molecule has 2 aliphatic heterocycles. The predicted molar refractivity (Wildman–Crippen MR) is 106 cm³/mol. The van der Waals surface area contributed by atoms with E-state index in [2.05, 4.69) is 15.6 Å². The van der Waals surface area contributed by atoms with Crippen LogP contribution in [0.4, 0.5) is 10.5 Å². The fourth-order valence-electron chi connectivity index (χ4n) is 4.38. The zero-order valence-corrected chi connectivity index (χ0v) is 15.3. The number of anilines is 1. The molecule has 3 aromatic rings. The molecule has 29 heavy (non-hydrogen) atoms. The van der Waals surface area contributed by atoms with Crippen molar-refractivity contribution >= 4 is 34.5 Å². The van der Waals surface area contributed by atoms with Crippen LogP contribution in [0.2, 0.25) is 0 Å². The lowest BCUT2D eigenvalue weighted by atomic mass is 9.86. The van der Waals surface area contributed by atoms with Crippen LogP contribution in [0.15, 0.2) is 48.5 Å². The number of nitrogens with zero attached hydrogens (tertiary/aromatic N) is 1. The molecule has 0 radical (unpaired) electrons. The van der Waals surface area contributed by atoms with E-state index in [1.54, 1.807) is 0 Å². The lowest BCUT2D eigenvalue weighted by Gasteiger charge is -2.44. The van der Waals surface area contributed by atoms with Gasteiger partial charge in [0.25, 0.3) is 0 Å². The second-order valence-electron chi connectivity index (χ2n) is 7.22. The number of aromatic amines is 1. The summed E-state index contributed by atoms with van der Waals surface area (Å²) in [6.45, 7) is -0.493. The minimum atomic E-state index is -1.13. The van der Waals surface area contributed by atoms with Crippen molar-refractivity contribution in [3.8, 4) is 0 Å². The maximum atomic E-state index is 13.0. The van der Waals surface area contributed by atoms with E-state index in [1.807, 2.05) is 48.5 Å². The Bertz CT molecular complexity index is 1170. The van der Waals surface area contributed by atoms with Gasteiger partial charge in [-0.1, -0.05) is 36.4 Å². The predicted octanol–water partition coefficient (Wildman–Crippen LogP) is 2.23. The fourth-order valence-corrected chi connectivity index (χ4v) is 4.38. The maximum Gasteiger partial charge on any atom is 0.323 e. The smallest absolute Gasteiger partial charge is 0.323 e. The molecular formula is C21H18N4O4. The van der Waals surface area contributed by atoms with Crippen LogP contribution < -0.4 is 10.6 Å². The molecule has 0 spiro atoms. The highest BCUT2D eigenvalue weighted by Crippen LogP contribution is 2.45. The van der Waals surface area contributed by atoms with Gasteiger partial charge in [-0.05, 0) is 17.7 Å². The number of carbonyl (C=O) groups is 3. The average Bonchev–Trinajstić information content (AvgIpc) is 3.09. The summed E-state index contributed by atoms with van der Waals surface area (Å²) < 4.78 is 0. The Morgan fingerprint density at radius 2 is 1.90 bits per heavy atom. The molecule has 0 saturated carbocycles. The third-order valence-corrected chi connectivity index (χ3v) is 5.58. The van der Waals surface area contributed by atoms with E-state index >= 15 is 0 Å². The molecule has 3 amide bonds. The summed E-state index contributed by atoms with van der Waals surface area (Å²) in [4.78, 5) is 41.7. The van der Waals surface area contributed by atoms with Crippen LogP contribution in [-0.4, -0.2) is 45.5 Å². The van der Waals surface area contributed by atoms with Gasteiger partial charge in [0.05, 0.1) is 0 Å². The SMILES string of the molecule is O=C(O)CNC(=O)[C@@H]1Cc2c([nH]c3ccccc23)[C@H]2c3ccccc3NC(=O)N21. The Balaban J connectivity index is 1.69. The molecule has 5 rings (SSSR count). The Kier molecular flexibility index (Phi) is 3.80. The van der Waals surface area contributed by atoms with Gasteiger partial charge in [-0.3, -0.25) is 14.5 Å². The quantitative estimate of drug-likeness (QED) is 0.549. The fraction of sp³-hybridized carbons (Fsp3) is 0.190. The van der Waals surface area contributed by atoms with E-state index in [0.29, 0.717) is 12.1 Å². The topological polar surface area (TPSA) is 115 Å². The molecule has 0 unspecified atom stereocenters. The zero-order valence-electron chi connectivity index (χ0n) is 15.3. The Hall–Kier alpha value is -3.81. The van der Waals surface area contributed by atoms with E-state index < -0.39 is 30.5 Å². The molecule has 2 atom stereocenters. The van der Waals surface area contributed by atoms with Crippen LogP contribution in [0, 0.1) is 0 Å². The van der Waals surface area contributed by atoms with E-state index in [1.165, 1.54) is 4.90 Å². The minimum absolute atomic E-state index is 0.302. The number of urea groups is 1. The molecule has 4 N–H and O–H groups in total. The number of nitrogens with one attached hydrogen (secondary N) is 3. The molecule has 2 aliphatic rings. The number of carbonyl (C=O) groups excluding carboxylic acids is 2. The van der Waals surface area contributed by atoms with E-state index in [4.69, 9.17) is 5.11 Å². The second kappa shape index (κ2) is 6.37. The molecular weight excluding hydrogens is 372 g/mol. The standard InChI is InChI=1S/C21H18N4O4/c26-17(27)10-22-20(28)16-9-13-11-5-1-3-7-14(11)23-18(13)19-12-6-2-4-8-15(12)24-21(29)25(16)19/h1-8,16,19,23H,9-10H2,(H,22,28)(H,24,29)(H,26,27)/t16-,19+/m0/s1. The summed E-state index contributed by atoms with van der Waals surface area (Å²) in [5.41, 5.74) is 4.38.